The predicted octanol–water partition coefficient (Wildman–Crippen LogP) is 3.45. The van der Waals surface area contributed by atoms with Crippen LogP contribution in [0, 0.1) is 12.3 Å². The number of nitrogens with two attached hydrogens (primary N) is 1. The molecule has 0 aliphatic carbocycles. The Hall–Kier alpha value is -0.300. The van der Waals surface area contributed by atoms with Gasteiger partial charge >= 0.3 is 0 Å². The molecule has 0 saturated carbocycles. The summed E-state index contributed by atoms with van der Waals surface area (Å²) < 4.78 is 6.25. The van der Waals surface area contributed by atoms with E-state index >= 15 is 0 Å². The molecule has 0 spiro atoms. The second kappa shape index (κ2) is 6.86. The minimum atomic E-state index is -0.0509. The first-order chi connectivity index (χ1) is 9.27. The van der Waals surface area contributed by atoms with Gasteiger partial charge in [-0.05, 0) is 34.7 Å². The molecule has 4 nitrogen and oxygen atoms in total. The zero-order valence-electron chi connectivity index (χ0n) is 12.7. The fraction of sp³-hybridized carbons (Fsp3) is 0.643. The lowest BCUT2D eigenvalue weighted by Gasteiger charge is -2.42. The molecule has 1 fully saturated rings. The summed E-state index contributed by atoms with van der Waals surface area (Å²) in [6.45, 7) is 7.60. The van der Waals surface area contributed by atoms with Crippen LogP contribution < -0.4 is 10.5 Å². The summed E-state index contributed by atoms with van der Waals surface area (Å²) in [4.78, 5) is 16.4. The lowest BCUT2D eigenvalue weighted by Crippen LogP contribution is -2.53. The Balaban J connectivity index is 0.00000220. The number of carbonyl (C=O) groups excluding carboxylic acids is 1. The van der Waals surface area contributed by atoms with Gasteiger partial charge in [-0.15, -0.1) is 23.7 Å². The van der Waals surface area contributed by atoms with Crippen molar-refractivity contribution in [2.45, 2.75) is 33.2 Å². The fourth-order valence-corrected chi connectivity index (χ4v) is 4.23. The van der Waals surface area contributed by atoms with Crippen molar-refractivity contribution in [1.82, 2.24) is 4.90 Å². The smallest absolute Gasteiger partial charge is 0.267 e. The molecule has 2 N–H and O–H groups in total. The van der Waals surface area contributed by atoms with Gasteiger partial charge in [0.25, 0.3) is 5.91 Å². The van der Waals surface area contributed by atoms with Crippen LogP contribution in [0.3, 0.4) is 0 Å². The Labute approximate surface area is 144 Å². The van der Waals surface area contributed by atoms with Gasteiger partial charge in [-0.1, -0.05) is 13.8 Å². The maximum atomic E-state index is 12.7. The van der Waals surface area contributed by atoms with Crippen LogP contribution in [0.1, 0.15) is 34.8 Å². The standard InChI is InChI=1S/C14H21BrN2O2S.ClH/c1-8-10(15)11(19-4)12(20-8)13(18)17-6-5-9(16)14(2,3)7-17;/h9H,5-7,16H2,1-4H3;1H. The van der Waals surface area contributed by atoms with Crippen LogP contribution >= 0.6 is 39.7 Å². The van der Waals surface area contributed by atoms with Crippen LogP contribution in [0.25, 0.3) is 0 Å². The minimum absolute atomic E-state index is 0. The number of nitrogens with zero attached hydrogens (tertiary/aromatic N) is 1. The summed E-state index contributed by atoms with van der Waals surface area (Å²) >= 11 is 4.95. The molecule has 1 aliphatic heterocycles. The monoisotopic (exact) mass is 396 g/mol. The van der Waals surface area contributed by atoms with Crippen LogP contribution in [-0.2, 0) is 0 Å². The maximum Gasteiger partial charge on any atom is 0.267 e. The molecule has 2 heterocycles. The van der Waals surface area contributed by atoms with E-state index < -0.39 is 0 Å². The molecule has 1 aliphatic rings. The van der Waals surface area contributed by atoms with E-state index in [0.717, 1.165) is 15.8 Å². The highest BCUT2D eigenvalue weighted by molar-refractivity contribution is 9.10. The van der Waals surface area contributed by atoms with Crippen molar-refractivity contribution in [3.63, 3.8) is 0 Å². The number of carbonyl (C=O) groups is 1. The molecule has 1 amide bonds. The first-order valence-corrected chi connectivity index (χ1v) is 8.26. The van der Waals surface area contributed by atoms with E-state index in [1.165, 1.54) is 11.3 Å². The molecule has 0 aromatic carbocycles. The summed E-state index contributed by atoms with van der Waals surface area (Å²) in [5.41, 5.74) is 6.08. The van der Waals surface area contributed by atoms with Crippen LogP contribution in [0.15, 0.2) is 4.47 Å². The number of likely N-dealkylation sites (tertiary alicyclic amines) is 1. The van der Waals surface area contributed by atoms with Crippen molar-refractivity contribution in [3.05, 3.63) is 14.2 Å². The molecular weight excluding hydrogens is 376 g/mol. The normalized spacial score (nSPS) is 20.9. The second-order valence-electron chi connectivity index (χ2n) is 5.95. The van der Waals surface area contributed by atoms with Crippen molar-refractivity contribution in [3.8, 4) is 5.75 Å². The SMILES string of the molecule is COc1c(C(=O)N2CCC(N)C(C)(C)C2)sc(C)c1Br.Cl. The van der Waals surface area contributed by atoms with Crippen molar-refractivity contribution >= 4 is 45.6 Å². The molecule has 1 aromatic rings. The highest BCUT2D eigenvalue weighted by Crippen LogP contribution is 2.40. The fourth-order valence-electron chi connectivity index (χ4n) is 2.52. The molecule has 0 radical (unpaired) electrons. The predicted molar refractivity (Wildman–Crippen MR) is 92.8 cm³/mol. The molecule has 1 atom stereocenters. The summed E-state index contributed by atoms with van der Waals surface area (Å²) in [6, 6.07) is 0.144. The number of rotatable bonds is 2. The third kappa shape index (κ3) is 3.55. The van der Waals surface area contributed by atoms with Crippen molar-refractivity contribution in [2.75, 3.05) is 20.2 Å². The number of methoxy groups -OCH3 is 1. The lowest BCUT2D eigenvalue weighted by atomic mass is 9.79. The Morgan fingerprint density at radius 3 is 2.67 bits per heavy atom. The van der Waals surface area contributed by atoms with E-state index in [1.54, 1.807) is 7.11 Å². The number of halogens is 2. The highest BCUT2D eigenvalue weighted by Gasteiger charge is 2.37. The van der Waals surface area contributed by atoms with Gasteiger partial charge in [0.1, 0.15) is 4.88 Å². The van der Waals surface area contributed by atoms with Crippen LogP contribution in [0.4, 0.5) is 0 Å². The number of thiophene rings is 1. The molecule has 120 valence electrons. The average Bonchev–Trinajstić information content (AvgIpc) is 2.67. The number of ether oxygens (including phenoxy) is 1. The van der Waals surface area contributed by atoms with Gasteiger partial charge in [-0.2, -0.15) is 0 Å². The molecule has 1 saturated heterocycles. The highest BCUT2D eigenvalue weighted by atomic mass is 79.9. The average molecular weight is 398 g/mol. The Kier molecular flexibility index (Phi) is 6.12. The molecular formula is C14H22BrClN2O2S. The van der Waals surface area contributed by atoms with Crippen LogP contribution in [0.5, 0.6) is 5.75 Å². The summed E-state index contributed by atoms with van der Waals surface area (Å²) in [5, 5.41) is 0. The maximum absolute atomic E-state index is 12.7. The number of hydrogen-bond acceptors (Lipinski definition) is 4. The molecule has 21 heavy (non-hydrogen) atoms. The quantitative estimate of drug-likeness (QED) is 0.831. The number of amides is 1. The van der Waals surface area contributed by atoms with E-state index in [9.17, 15) is 4.79 Å². The minimum Gasteiger partial charge on any atom is -0.494 e. The van der Waals surface area contributed by atoms with E-state index in [1.807, 2.05) is 11.8 Å². The molecule has 2 rings (SSSR count). The van der Waals surface area contributed by atoms with Gasteiger partial charge in [-0.3, -0.25) is 4.79 Å². The summed E-state index contributed by atoms with van der Waals surface area (Å²) in [5.74, 6) is 0.686. The summed E-state index contributed by atoms with van der Waals surface area (Å²) in [6.07, 6.45) is 0.840. The largest absolute Gasteiger partial charge is 0.494 e. The third-order valence-corrected chi connectivity index (χ3v) is 6.26. The second-order valence-corrected chi connectivity index (χ2v) is 7.96. The first-order valence-electron chi connectivity index (χ1n) is 6.65. The molecule has 1 unspecified atom stereocenters. The van der Waals surface area contributed by atoms with Gasteiger partial charge in [0.2, 0.25) is 0 Å². The van der Waals surface area contributed by atoms with Gasteiger partial charge in [0, 0.05) is 24.0 Å². The van der Waals surface area contributed by atoms with Crippen molar-refractivity contribution in [2.24, 2.45) is 11.1 Å². The van der Waals surface area contributed by atoms with Gasteiger partial charge in [0.15, 0.2) is 5.75 Å². The lowest BCUT2D eigenvalue weighted by molar-refractivity contribution is 0.0535. The number of aryl methyl sites for hydroxylation is 1. The first kappa shape index (κ1) is 18.7. The van der Waals surface area contributed by atoms with Gasteiger partial charge in [-0.25, -0.2) is 0 Å². The topological polar surface area (TPSA) is 55.6 Å². The van der Waals surface area contributed by atoms with E-state index in [4.69, 9.17) is 10.5 Å². The zero-order chi connectivity index (χ0) is 15.1. The van der Waals surface area contributed by atoms with Crippen molar-refractivity contribution < 1.29 is 9.53 Å². The van der Waals surface area contributed by atoms with Gasteiger partial charge < -0.3 is 15.4 Å². The summed E-state index contributed by atoms with van der Waals surface area (Å²) in [7, 11) is 1.60. The Bertz CT molecular complexity index is 533. The molecule has 1 aromatic heterocycles. The third-order valence-electron chi connectivity index (χ3n) is 3.97. The van der Waals surface area contributed by atoms with Crippen molar-refractivity contribution in [1.29, 1.82) is 0 Å². The molecule has 0 bridgehead atoms. The Morgan fingerprint density at radius 1 is 1.52 bits per heavy atom. The van der Waals surface area contributed by atoms with E-state index in [0.29, 0.717) is 23.7 Å². The number of piperidine rings is 1. The van der Waals surface area contributed by atoms with Gasteiger partial charge in [0.05, 0.1) is 11.6 Å². The zero-order valence-corrected chi connectivity index (χ0v) is 16.0. The van der Waals surface area contributed by atoms with E-state index in [2.05, 4.69) is 29.8 Å². The number of hydrogen-bond donors (Lipinski definition) is 1. The molecule has 7 heteroatoms. The Morgan fingerprint density at radius 2 is 2.14 bits per heavy atom. The van der Waals surface area contributed by atoms with Crippen LogP contribution in [-0.4, -0.2) is 37.0 Å². The van der Waals surface area contributed by atoms with E-state index in [-0.39, 0.29) is 29.8 Å². The van der Waals surface area contributed by atoms with Crippen LogP contribution in [0.2, 0.25) is 0 Å².